The number of nitrogens with zero attached hydrogens (tertiary/aromatic N) is 1. The molecule has 0 aliphatic heterocycles. The first-order chi connectivity index (χ1) is 10.2. The zero-order chi connectivity index (χ0) is 15.5. The lowest BCUT2D eigenvalue weighted by Crippen LogP contribution is -2.38. The molecule has 21 heavy (non-hydrogen) atoms. The minimum absolute atomic E-state index is 0.627. The van der Waals surface area contributed by atoms with Gasteiger partial charge < -0.3 is 20.1 Å². The highest BCUT2D eigenvalue weighted by Crippen LogP contribution is 2.19. The predicted octanol–water partition coefficient (Wildman–Crippen LogP) is 1.75. The predicted molar refractivity (Wildman–Crippen MR) is 87.3 cm³/mol. The molecular weight excluding hydrogens is 266 g/mol. The number of benzene rings is 1. The van der Waals surface area contributed by atoms with E-state index in [1.54, 1.807) is 14.2 Å². The molecule has 0 amide bonds. The van der Waals surface area contributed by atoms with E-state index in [0.717, 1.165) is 31.2 Å². The second-order valence-corrected chi connectivity index (χ2v) is 4.75. The van der Waals surface area contributed by atoms with Gasteiger partial charge in [-0.2, -0.15) is 0 Å². The van der Waals surface area contributed by atoms with Crippen molar-refractivity contribution in [3.05, 3.63) is 29.3 Å². The van der Waals surface area contributed by atoms with Crippen molar-refractivity contribution in [1.29, 1.82) is 0 Å². The number of hydrogen-bond acceptors (Lipinski definition) is 3. The molecule has 1 aromatic rings. The molecule has 0 saturated heterocycles. The molecule has 0 heterocycles. The van der Waals surface area contributed by atoms with E-state index in [-0.39, 0.29) is 0 Å². The van der Waals surface area contributed by atoms with E-state index in [2.05, 4.69) is 41.6 Å². The van der Waals surface area contributed by atoms with Crippen LogP contribution in [0.4, 0.5) is 0 Å². The lowest BCUT2D eigenvalue weighted by molar-refractivity contribution is 0.208. The molecule has 5 nitrogen and oxygen atoms in total. The van der Waals surface area contributed by atoms with E-state index in [4.69, 9.17) is 9.47 Å². The van der Waals surface area contributed by atoms with Gasteiger partial charge in [-0.05, 0) is 31.9 Å². The Balaban J connectivity index is 2.53. The fourth-order valence-corrected chi connectivity index (χ4v) is 2.01. The Morgan fingerprint density at radius 2 is 2.05 bits per heavy atom. The quantitative estimate of drug-likeness (QED) is 0.435. The van der Waals surface area contributed by atoms with Gasteiger partial charge in [0.25, 0.3) is 0 Å². The lowest BCUT2D eigenvalue weighted by atomic mass is 10.1. The number of aliphatic imine (C=N–C) groups is 1. The number of hydrogen-bond donors (Lipinski definition) is 2. The molecule has 0 radical (unpaired) electrons. The van der Waals surface area contributed by atoms with Crippen molar-refractivity contribution in [2.45, 2.75) is 20.3 Å². The van der Waals surface area contributed by atoms with Gasteiger partial charge in [0.1, 0.15) is 5.75 Å². The van der Waals surface area contributed by atoms with Crippen molar-refractivity contribution in [2.75, 3.05) is 40.5 Å². The van der Waals surface area contributed by atoms with Crippen LogP contribution < -0.4 is 15.4 Å². The average Bonchev–Trinajstić information content (AvgIpc) is 2.48. The number of aryl methyl sites for hydroxylation is 1. The summed E-state index contributed by atoms with van der Waals surface area (Å²) in [4.78, 5) is 4.43. The Morgan fingerprint density at radius 3 is 2.71 bits per heavy atom. The van der Waals surface area contributed by atoms with Crippen LogP contribution in [0, 0.1) is 6.92 Å². The fraction of sp³-hybridized carbons (Fsp3) is 0.562. The van der Waals surface area contributed by atoms with Crippen molar-refractivity contribution in [3.8, 4) is 5.75 Å². The topological polar surface area (TPSA) is 54.9 Å². The summed E-state index contributed by atoms with van der Waals surface area (Å²) in [5, 5.41) is 6.55. The molecule has 0 atom stereocenters. The third-order valence-electron chi connectivity index (χ3n) is 3.03. The molecular formula is C16H27N3O2. The summed E-state index contributed by atoms with van der Waals surface area (Å²) < 4.78 is 10.4. The number of nitrogens with one attached hydrogen (secondary N) is 2. The largest absolute Gasteiger partial charge is 0.496 e. The molecule has 0 bridgehead atoms. The van der Waals surface area contributed by atoms with E-state index >= 15 is 0 Å². The average molecular weight is 293 g/mol. The van der Waals surface area contributed by atoms with Crippen LogP contribution in [0.5, 0.6) is 5.75 Å². The second kappa shape index (κ2) is 10.0. The van der Waals surface area contributed by atoms with Crippen molar-refractivity contribution >= 4 is 5.96 Å². The van der Waals surface area contributed by atoms with Crippen LogP contribution in [-0.2, 0) is 11.2 Å². The Bertz CT molecular complexity index is 447. The fourth-order valence-electron chi connectivity index (χ4n) is 2.01. The van der Waals surface area contributed by atoms with Crippen molar-refractivity contribution in [1.82, 2.24) is 10.6 Å². The van der Waals surface area contributed by atoms with Crippen molar-refractivity contribution < 1.29 is 9.47 Å². The zero-order valence-electron chi connectivity index (χ0n) is 13.5. The lowest BCUT2D eigenvalue weighted by Gasteiger charge is -2.13. The van der Waals surface area contributed by atoms with E-state index in [1.807, 2.05) is 6.07 Å². The highest BCUT2D eigenvalue weighted by molar-refractivity contribution is 5.79. The molecule has 0 aliphatic carbocycles. The minimum atomic E-state index is 0.627. The molecule has 0 spiro atoms. The summed E-state index contributed by atoms with van der Waals surface area (Å²) in [6, 6.07) is 6.24. The summed E-state index contributed by atoms with van der Waals surface area (Å²) in [6.07, 6.45) is 0.888. The molecule has 5 heteroatoms. The maximum atomic E-state index is 5.39. The third kappa shape index (κ3) is 6.49. The highest BCUT2D eigenvalue weighted by atomic mass is 16.5. The van der Waals surface area contributed by atoms with Gasteiger partial charge in [0.2, 0.25) is 0 Å². The van der Waals surface area contributed by atoms with Crippen LogP contribution in [0.15, 0.2) is 23.2 Å². The normalized spacial score (nSPS) is 11.3. The number of methoxy groups -OCH3 is 2. The Labute approximate surface area is 127 Å². The van der Waals surface area contributed by atoms with Crippen LogP contribution in [-0.4, -0.2) is 46.4 Å². The Hall–Kier alpha value is -1.75. The van der Waals surface area contributed by atoms with E-state index in [1.165, 1.54) is 11.1 Å². The van der Waals surface area contributed by atoms with Gasteiger partial charge in [0, 0.05) is 20.2 Å². The molecule has 0 aromatic heterocycles. The Morgan fingerprint density at radius 1 is 1.24 bits per heavy atom. The molecule has 0 saturated carbocycles. The first-order valence-corrected chi connectivity index (χ1v) is 7.35. The summed E-state index contributed by atoms with van der Waals surface area (Å²) in [5.41, 5.74) is 2.45. The minimum Gasteiger partial charge on any atom is -0.496 e. The smallest absolute Gasteiger partial charge is 0.191 e. The SMILES string of the molecule is CCNC(=NCCOC)NCCc1cc(C)ccc1OC. The van der Waals surface area contributed by atoms with Gasteiger partial charge in [-0.25, -0.2) is 0 Å². The van der Waals surface area contributed by atoms with Gasteiger partial charge >= 0.3 is 0 Å². The molecule has 0 unspecified atom stereocenters. The van der Waals surface area contributed by atoms with Crippen LogP contribution in [0.3, 0.4) is 0 Å². The summed E-state index contributed by atoms with van der Waals surface area (Å²) in [7, 11) is 3.39. The summed E-state index contributed by atoms with van der Waals surface area (Å²) >= 11 is 0. The molecule has 1 rings (SSSR count). The maximum Gasteiger partial charge on any atom is 0.191 e. The standard InChI is InChI=1S/C16H27N3O2/c1-5-17-16(19-10-11-20-3)18-9-8-14-12-13(2)6-7-15(14)21-4/h6-7,12H,5,8-11H2,1-4H3,(H2,17,18,19). The first kappa shape index (κ1) is 17.3. The van der Waals surface area contributed by atoms with E-state index in [9.17, 15) is 0 Å². The van der Waals surface area contributed by atoms with Crippen LogP contribution in [0.2, 0.25) is 0 Å². The molecule has 118 valence electrons. The number of ether oxygens (including phenoxy) is 2. The maximum absolute atomic E-state index is 5.39. The van der Waals surface area contributed by atoms with Crippen LogP contribution in [0.1, 0.15) is 18.1 Å². The van der Waals surface area contributed by atoms with E-state index in [0.29, 0.717) is 13.2 Å². The van der Waals surface area contributed by atoms with Crippen molar-refractivity contribution in [3.63, 3.8) is 0 Å². The third-order valence-corrected chi connectivity index (χ3v) is 3.03. The van der Waals surface area contributed by atoms with Gasteiger partial charge in [-0.1, -0.05) is 17.7 Å². The van der Waals surface area contributed by atoms with Gasteiger partial charge in [-0.15, -0.1) is 0 Å². The second-order valence-electron chi connectivity index (χ2n) is 4.75. The summed E-state index contributed by atoms with van der Waals surface area (Å²) in [5.74, 6) is 1.75. The van der Waals surface area contributed by atoms with Gasteiger partial charge in [-0.3, -0.25) is 4.99 Å². The van der Waals surface area contributed by atoms with Crippen molar-refractivity contribution in [2.24, 2.45) is 4.99 Å². The van der Waals surface area contributed by atoms with Gasteiger partial charge in [0.15, 0.2) is 5.96 Å². The molecule has 2 N–H and O–H groups in total. The van der Waals surface area contributed by atoms with Crippen LogP contribution in [0.25, 0.3) is 0 Å². The number of rotatable bonds is 8. The van der Waals surface area contributed by atoms with Gasteiger partial charge in [0.05, 0.1) is 20.3 Å². The van der Waals surface area contributed by atoms with E-state index < -0.39 is 0 Å². The highest BCUT2D eigenvalue weighted by Gasteiger charge is 2.04. The first-order valence-electron chi connectivity index (χ1n) is 7.35. The zero-order valence-corrected chi connectivity index (χ0v) is 13.5. The Kier molecular flexibility index (Phi) is 8.28. The molecule has 0 aliphatic rings. The summed E-state index contributed by atoms with van der Waals surface area (Å²) in [6.45, 7) is 7.07. The monoisotopic (exact) mass is 293 g/mol. The van der Waals surface area contributed by atoms with Crippen LogP contribution >= 0.6 is 0 Å². The number of guanidine groups is 1. The molecule has 1 aromatic carbocycles. The molecule has 0 fully saturated rings.